The van der Waals surface area contributed by atoms with Gasteiger partial charge in [-0.05, 0) is 42.7 Å². The Morgan fingerprint density at radius 1 is 1.19 bits per heavy atom. The number of rotatable bonds is 4. The van der Waals surface area contributed by atoms with Crippen molar-refractivity contribution in [3.05, 3.63) is 48.0 Å². The second kappa shape index (κ2) is 6.30. The third-order valence-corrected chi connectivity index (χ3v) is 6.08. The first-order valence-corrected chi connectivity index (χ1v) is 9.82. The summed E-state index contributed by atoms with van der Waals surface area (Å²) >= 11 is 0. The number of carbonyl (C=O) groups is 1. The zero-order valence-corrected chi connectivity index (χ0v) is 14.7. The van der Waals surface area contributed by atoms with E-state index in [9.17, 15) is 13.2 Å². The van der Waals surface area contributed by atoms with Gasteiger partial charge in [-0.2, -0.15) is 4.72 Å². The first kappa shape index (κ1) is 16.9. The number of aliphatic carboxylic acids is 1. The van der Waals surface area contributed by atoms with Crippen LogP contribution >= 0.6 is 0 Å². The van der Waals surface area contributed by atoms with E-state index in [0.29, 0.717) is 22.7 Å². The molecule has 0 radical (unpaired) electrons. The summed E-state index contributed by atoms with van der Waals surface area (Å²) in [6.45, 7) is 0.825. The quantitative estimate of drug-likeness (QED) is 0.853. The third-order valence-electron chi connectivity index (χ3n) is 4.59. The number of hydrogen-bond acceptors (Lipinski definition) is 5. The summed E-state index contributed by atoms with van der Waals surface area (Å²) < 4.78 is 33.5. The number of carboxylic acids is 1. The Bertz CT molecular complexity index is 956. The Morgan fingerprint density at radius 3 is 2.65 bits per heavy atom. The van der Waals surface area contributed by atoms with E-state index in [0.717, 1.165) is 19.4 Å². The second-order valence-corrected chi connectivity index (χ2v) is 8.10. The summed E-state index contributed by atoms with van der Waals surface area (Å²) in [4.78, 5) is 13.0. The fraction of sp³-hybridized carbons (Fsp3) is 0.278. The minimum absolute atomic E-state index is 0.0555. The van der Waals surface area contributed by atoms with Gasteiger partial charge in [0.15, 0.2) is 0 Å². The predicted octanol–water partition coefficient (Wildman–Crippen LogP) is 2.32. The summed E-state index contributed by atoms with van der Waals surface area (Å²) in [6, 6.07) is 11.7. The van der Waals surface area contributed by atoms with E-state index >= 15 is 0 Å². The van der Waals surface area contributed by atoms with Crippen molar-refractivity contribution < 1.29 is 23.1 Å². The maximum absolute atomic E-state index is 12.5. The minimum Gasteiger partial charge on any atom is -0.481 e. The lowest BCUT2D eigenvalue weighted by molar-refractivity contribution is -0.136. The fourth-order valence-electron chi connectivity index (χ4n) is 3.42. The van der Waals surface area contributed by atoms with Gasteiger partial charge in [0.05, 0.1) is 18.3 Å². The van der Waals surface area contributed by atoms with Gasteiger partial charge in [0.1, 0.15) is 16.4 Å². The largest absolute Gasteiger partial charge is 0.481 e. The molecule has 2 aliphatic rings. The third kappa shape index (κ3) is 3.13. The molecule has 8 heteroatoms. The van der Waals surface area contributed by atoms with Crippen molar-refractivity contribution in [1.82, 2.24) is 4.72 Å². The summed E-state index contributed by atoms with van der Waals surface area (Å²) in [6.07, 6.45) is 1.54. The van der Waals surface area contributed by atoms with Crippen LogP contribution in [0, 0.1) is 0 Å². The molecule has 0 bridgehead atoms. The van der Waals surface area contributed by atoms with E-state index in [4.69, 9.17) is 9.84 Å². The molecule has 0 amide bonds. The molecule has 26 heavy (non-hydrogen) atoms. The van der Waals surface area contributed by atoms with Crippen molar-refractivity contribution in [2.24, 2.45) is 0 Å². The highest BCUT2D eigenvalue weighted by Gasteiger charge is 2.37. The SMILES string of the molecule is O=C(O)Cc1ccc(Oc2ccc3c(c2)S(=O)(=O)NC2CCCN32)cc1. The van der Waals surface area contributed by atoms with Crippen molar-refractivity contribution in [3.63, 3.8) is 0 Å². The Balaban J connectivity index is 1.60. The van der Waals surface area contributed by atoms with Gasteiger partial charge in [-0.3, -0.25) is 4.79 Å². The maximum atomic E-state index is 12.5. The van der Waals surface area contributed by atoms with Crippen LogP contribution in [0.3, 0.4) is 0 Å². The van der Waals surface area contributed by atoms with Crippen molar-refractivity contribution in [1.29, 1.82) is 0 Å². The molecule has 2 heterocycles. The van der Waals surface area contributed by atoms with E-state index < -0.39 is 16.0 Å². The molecular formula is C18H18N2O5S. The lowest BCUT2D eigenvalue weighted by Gasteiger charge is -2.33. The average Bonchev–Trinajstić information content (AvgIpc) is 3.04. The van der Waals surface area contributed by atoms with Gasteiger partial charge in [-0.1, -0.05) is 12.1 Å². The first-order valence-electron chi connectivity index (χ1n) is 8.34. The minimum atomic E-state index is -3.57. The summed E-state index contributed by atoms with van der Waals surface area (Å²) in [5.74, 6) is 0.0309. The number of sulfonamides is 1. The molecule has 2 aliphatic heterocycles. The molecule has 1 atom stereocenters. The number of hydrogen-bond donors (Lipinski definition) is 2. The lowest BCUT2D eigenvalue weighted by Crippen LogP contribution is -2.48. The summed E-state index contributed by atoms with van der Waals surface area (Å²) in [5, 5.41) is 8.80. The van der Waals surface area contributed by atoms with Crippen LogP contribution in [-0.2, 0) is 21.2 Å². The number of nitrogens with zero attached hydrogens (tertiary/aromatic N) is 1. The number of nitrogens with one attached hydrogen (secondary N) is 1. The normalized spacial score (nSPS) is 20.3. The molecule has 0 aromatic heterocycles. The van der Waals surface area contributed by atoms with Crippen molar-refractivity contribution in [2.75, 3.05) is 11.4 Å². The van der Waals surface area contributed by atoms with E-state index in [1.165, 1.54) is 6.07 Å². The molecule has 0 aliphatic carbocycles. The number of ether oxygens (including phenoxy) is 1. The number of anilines is 1. The van der Waals surface area contributed by atoms with Crippen LogP contribution < -0.4 is 14.4 Å². The van der Waals surface area contributed by atoms with Crippen LogP contribution in [-0.4, -0.2) is 32.2 Å². The Hall–Kier alpha value is -2.58. The average molecular weight is 374 g/mol. The highest BCUT2D eigenvalue weighted by Crippen LogP contribution is 2.38. The Morgan fingerprint density at radius 2 is 1.92 bits per heavy atom. The molecule has 2 aromatic carbocycles. The van der Waals surface area contributed by atoms with E-state index in [2.05, 4.69) is 9.62 Å². The van der Waals surface area contributed by atoms with Gasteiger partial charge in [0.25, 0.3) is 0 Å². The molecule has 7 nitrogen and oxygen atoms in total. The highest BCUT2D eigenvalue weighted by molar-refractivity contribution is 7.89. The molecule has 1 unspecified atom stereocenters. The van der Waals surface area contributed by atoms with Gasteiger partial charge in [-0.15, -0.1) is 0 Å². The van der Waals surface area contributed by atoms with Crippen molar-refractivity contribution >= 4 is 21.7 Å². The summed E-state index contributed by atoms with van der Waals surface area (Å²) in [5.41, 5.74) is 1.37. The molecule has 0 spiro atoms. The first-order chi connectivity index (χ1) is 12.4. The van der Waals surface area contributed by atoms with E-state index in [1.807, 2.05) is 0 Å². The maximum Gasteiger partial charge on any atom is 0.307 e. The van der Waals surface area contributed by atoms with Crippen molar-refractivity contribution in [2.45, 2.75) is 30.3 Å². The van der Waals surface area contributed by atoms with Gasteiger partial charge in [-0.25, -0.2) is 8.42 Å². The molecule has 0 saturated carbocycles. The molecule has 2 N–H and O–H groups in total. The van der Waals surface area contributed by atoms with Crippen LogP contribution in [0.25, 0.3) is 0 Å². The number of benzene rings is 2. The topological polar surface area (TPSA) is 95.9 Å². The predicted molar refractivity (Wildman–Crippen MR) is 95.0 cm³/mol. The van der Waals surface area contributed by atoms with Crippen LogP contribution in [0.5, 0.6) is 11.5 Å². The summed E-state index contributed by atoms with van der Waals surface area (Å²) in [7, 11) is -3.57. The van der Waals surface area contributed by atoms with Gasteiger partial charge in [0.2, 0.25) is 10.0 Å². The van der Waals surface area contributed by atoms with Crippen LogP contribution in [0.1, 0.15) is 18.4 Å². The highest BCUT2D eigenvalue weighted by atomic mass is 32.2. The molecule has 4 rings (SSSR count). The monoisotopic (exact) mass is 374 g/mol. The van der Waals surface area contributed by atoms with E-state index in [-0.39, 0.29) is 17.5 Å². The standard InChI is InChI=1S/C18H18N2O5S/c21-18(22)10-12-3-5-13(6-4-12)25-14-7-8-15-16(11-14)26(23,24)19-17-2-1-9-20(15)17/h3-8,11,17,19H,1-2,9-10H2,(H,21,22). The molecule has 1 fully saturated rings. The van der Waals surface area contributed by atoms with Crippen LogP contribution in [0.4, 0.5) is 5.69 Å². The molecular weight excluding hydrogens is 356 g/mol. The van der Waals surface area contributed by atoms with Gasteiger partial charge >= 0.3 is 5.97 Å². The van der Waals surface area contributed by atoms with Crippen LogP contribution in [0.2, 0.25) is 0 Å². The fourth-order valence-corrected chi connectivity index (χ4v) is 4.88. The van der Waals surface area contributed by atoms with Crippen molar-refractivity contribution in [3.8, 4) is 11.5 Å². The zero-order chi connectivity index (χ0) is 18.3. The smallest absolute Gasteiger partial charge is 0.307 e. The van der Waals surface area contributed by atoms with Gasteiger partial charge in [0, 0.05) is 12.6 Å². The van der Waals surface area contributed by atoms with E-state index in [1.54, 1.807) is 36.4 Å². The number of carboxylic acid groups (broad SMARTS) is 1. The van der Waals surface area contributed by atoms with Gasteiger partial charge < -0.3 is 14.7 Å². The lowest BCUT2D eigenvalue weighted by atomic mass is 10.1. The molecule has 1 saturated heterocycles. The second-order valence-electron chi connectivity index (χ2n) is 6.42. The number of fused-ring (bicyclic) bond motifs is 3. The Labute approximate surface area is 151 Å². The molecule has 136 valence electrons. The van der Waals surface area contributed by atoms with Crippen LogP contribution in [0.15, 0.2) is 47.4 Å². The Kier molecular flexibility index (Phi) is 4.08. The molecule has 2 aromatic rings. The zero-order valence-electron chi connectivity index (χ0n) is 13.9.